The largest absolute Gasteiger partial charge is 0.496 e. The maximum Gasteiger partial charge on any atom is 0.220 e. The predicted molar refractivity (Wildman–Crippen MR) is 109 cm³/mol. The Hall–Kier alpha value is -1.59. The monoisotopic (exact) mass is 376 g/mol. The van der Waals surface area contributed by atoms with E-state index in [-0.39, 0.29) is 17.4 Å². The molecule has 2 atom stereocenters. The van der Waals surface area contributed by atoms with Gasteiger partial charge in [-0.2, -0.15) is 0 Å². The lowest BCUT2D eigenvalue weighted by Crippen LogP contribution is -2.44. The van der Waals surface area contributed by atoms with Crippen molar-refractivity contribution >= 4 is 5.91 Å². The van der Waals surface area contributed by atoms with E-state index in [4.69, 9.17) is 9.47 Å². The fourth-order valence-electron chi connectivity index (χ4n) is 3.96. The summed E-state index contributed by atoms with van der Waals surface area (Å²) in [6, 6.07) is 8.12. The number of benzene rings is 1. The summed E-state index contributed by atoms with van der Waals surface area (Å²) in [7, 11) is 5.80. The number of nitrogens with zero attached hydrogens (tertiary/aromatic N) is 1. The van der Waals surface area contributed by atoms with Gasteiger partial charge in [0.2, 0.25) is 5.91 Å². The predicted octanol–water partition coefficient (Wildman–Crippen LogP) is 3.23. The van der Waals surface area contributed by atoms with E-state index in [2.05, 4.69) is 30.1 Å². The Balaban J connectivity index is 2.19. The quantitative estimate of drug-likeness (QED) is 0.673. The van der Waals surface area contributed by atoms with E-state index in [1.54, 1.807) is 7.11 Å². The molecule has 2 rings (SSSR count). The van der Waals surface area contributed by atoms with Crippen LogP contribution in [-0.2, 0) is 14.9 Å². The van der Waals surface area contributed by atoms with Gasteiger partial charge in [-0.25, -0.2) is 0 Å². The maximum atomic E-state index is 12.8. The van der Waals surface area contributed by atoms with E-state index >= 15 is 0 Å². The Morgan fingerprint density at radius 2 is 2.11 bits per heavy atom. The second-order valence-corrected chi connectivity index (χ2v) is 8.27. The van der Waals surface area contributed by atoms with Gasteiger partial charge in [-0.3, -0.25) is 4.79 Å². The van der Waals surface area contributed by atoms with E-state index in [0.717, 1.165) is 37.1 Å². The summed E-state index contributed by atoms with van der Waals surface area (Å²) in [5.41, 5.74) is 0.885. The number of hydrogen-bond donors (Lipinski definition) is 1. The molecule has 2 unspecified atom stereocenters. The van der Waals surface area contributed by atoms with Crippen LogP contribution in [-0.4, -0.2) is 57.8 Å². The summed E-state index contributed by atoms with van der Waals surface area (Å²) in [5.74, 6) is 1.40. The minimum atomic E-state index is -0.245. The highest BCUT2D eigenvalue weighted by atomic mass is 16.5. The highest BCUT2D eigenvalue weighted by Gasteiger charge is 2.42. The normalized spacial score (nSPS) is 22.9. The molecule has 1 N–H and O–H groups in total. The fourth-order valence-corrected chi connectivity index (χ4v) is 3.96. The van der Waals surface area contributed by atoms with Crippen LogP contribution in [0, 0.1) is 5.92 Å². The average Bonchev–Trinajstić information content (AvgIpc) is 2.65. The highest BCUT2D eigenvalue weighted by molar-refractivity contribution is 5.78. The van der Waals surface area contributed by atoms with Gasteiger partial charge >= 0.3 is 0 Å². The molecule has 1 heterocycles. The van der Waals surface area contributed by atoms with Crippen molar-refractivity contribution in [3.05, 3.63) is 29.8 Å². The van der Waals surface area contributed by atoms with Gasteiger partial charge in [0.1, 0.15) is 5.75 Å². The number of methoxy groups -OCH3 is 1. The number of rotatable bonds is 9. The van der Waals surface area contributed by atoms with Crippen molar-refractivity contribution < 1.29 is 14.3 Å². The first kappa shape index (κ1) is 21.7. The third kappa shape index (κ3) is 5.94. The number of carbonyl (C=O) groups excluding carboxylic acids is 1. The molecule has 27 heavy (non-hydrogen) atoms. The van der Waals surface area contributed by atoms with Crippen LogP contribution < -0.4 is 10.1 Å². The molecule has 1 saturated heterocycles. The molecule has 1 aliphatic heterocycles. The average molecular weight is 377 g/mol. The molecule has 1 fully saturated rings. The van der Waals surface area contributed by atoms with E-state index in [0.29, 0.717) is 25.5 Å². The number of nitrogens with one attached hydrogen (secondary N) is 1. The lowest BCUT2D eigenvalue weighted by Gasteiger charge is -2.43. The van der Waals surface area contributed by atoms with Crippen molar-refractivity contribution in [1.29, 1.82) is 0 Å². The topological polar surface area (TPSA) is 50.8 Å². The summed E-state index contributed by atoms with van der Waals surface area (Å²) in [5, 5.41) is 3.11. The minimum Gasteiger partial charge on any atom is -0.496 e. The SMILES string of the molecule is COc1ccccc1C1(CC(=O)NCCCN(C)C)CCOC(C(C)C)C1. The van der Waals surface area contributed by atoms with E-state index in [9.17, 15) is 4.79 Å². The summed E-state index contributed by atoms with van der Waals surface area (Å²) in [6.07, 6.45) is 3.27. The Kier molecular flexibility index (Phi) is 8.11. The number of ether oxygens (including phenoxy) is 2. The number of hydrogen-bond acceptors (Lipinski definition) is 4. The molecule has 0 spiro atoms. The van der Waals surface area contributed by atoms with Gasteiger partial charge in [-0.15, -0.1) is 0 Å². The third-order valence-corrected chi connectivity index (χ3v) is 5.53. The fraction of sp³-hybridized carbons (Fsp3) is 0.682. The molecular formula is C22H36N2O3. The van der Waals surface area contributed by atoms with Crippen LogP contribution >= 0.6 is 0 Å². The Morgan fingerprint density at radius 3 is 2.78 bits per heavy atom. The van der Waals surface area contributed by atoms with Gasteiger partial charge in [0.15, 0.2) is 0 Å². The summed E-state index contributed by atoms with van der Waals surface area (Å²) < 4.78 is 11.7. The van der Waals surface area contributed by atoms with Gasteiger partial charge < -0.3 is 19.7 Å². The van der Waals surface area contributed by atoms with Crippen LogP contribution in [0.4, 0.5) is 0 Å². The standard InChI is InChI=1S/C22H36N2O3/c1-17(2)20-15-22(11-14-27-20,18-9-6-7-10-19(18)26-5)16-21(25)23-12-8-13-24(3)4/h6-7,9-10,17,20H,8,11-16H2,1-5H3,(H,23,25). The zero-order chi connectivity index (χ0) is 19.9. The molecule has 0 aliphatic carbocycles. The molecule has 152 valence electrons. The van der Waals surface area contributed by atoms with Gasteiger partial charge in [-0.05, 0) is 51.9 Å². The second-order valence-electron chi connectivity index (χ2n) is 8.27. The van der Waals surface area contributed by atoms with E-state index in [1.807, 2.05) is 32.3 Å². The molecule has 0 aromatic heterocycles. The van der Waals surface area contributed by atoms with E-state index in [1.165, 1.54) is 0 Å². The smallest absolute Gasteiger partial charge is 0.220 e. The van der Waals surface area contributed by atoms with E-state index < -0.39 is 0 Å². The molecule has 1 amide bonds. The van der Waals surface area contributed by atoms with Crippen molar-refractivity contribution in [3.63, 3.8) is 0 Å². The summed E-state index contributed by atoms with van der Waals surface area (Å²) >= 11 is 0. The maximum absolute atomic E-state index is 12.8. The number of carbonyl (C=O) groups is 1. The number of para-hydroxylation sites is 1. The van der Waals surface area contributed by atoms with Crippen LogP contribution in [0.2, 0.25) is 0 Å². The lowest BCUT2D eigenvalue weighted by molar-refractivity contribution is -0.124. The lowest BCUT2D eigenvalue weighted by atomic mass is 9.68. The van der Waals surface area contributed by atoms with Gasteiger partial charge in [-0.1, -0.05) is 32.0 Å². The molecule has 1 aromatic rings. The molecule has 5 nitrogen and oxygen atoms in total. The van der Waals surface area contributed by atoms with Crippen molar-refractivity contribution in [1.82, 2.24) is 10.2 Å². The molecular weight excluding hydrogens is 340 g/mol. The summed E-state index contributed by atoms with van der Waals surface area (Å²) in [4.78, 5) is 14.9. The second kappa shape index (κ2) is 10.1. The first-order chi connectivity index (χ1) is 12.9. The van der Waals surface area contributed by atoms with Crippen molar-refractivity contribution in [2.75, 3.05) is 40.9 Å². The minimum absolute atomic E-state index is 0.115. The third-order valence-electron chi connectivity index (χ3n) is 5.53. The van der Waals surface area contributed by atoms with Crippen molar-refractivity contribution in [2.24, 2.45) is 5.92 Å². The molecule has 1 aliphatic rings. The molecule has 5 heteroatoms. The van der Waals surface area contributed by atoms with Crippen LogP contribution in [0.3, 0.4) is 0 Å². The Morgan fingerprint density at radius 1 is 1.37 bits per heavy atom. The van der Waals surface area contributed by atoms with Crippen LogP contribution in [0.1, 0.15) is 45.1 Å². The zero-order valence-corrected chi connectivity index (χ0v) is 17.6. The molecule has 1 aromatic carbocycles. The highest BCUT2D eigenvalue weighted by Crippen LogP contribution is 2.45. The van der Waals surface area contributed by atoms with Crippen LogP contribution in [0.25, 0.3) is 0 Å². The summed E-state index contributed by atoms with van der Waals surface area (Å²) in [6.45, 7) is 6.73. The van der Waals surface area contributed by atoms with Crippen molar-refractivity contribution in [3.8, 4) is 5.75 Å². The molecule has 0 radical (unpaired) electrons. The van der Waals surface area contributed by atoms with Crippen LogP contribution in [0.5, 0.6) is 5.75 Å². The van der Waals surface area contributed by atoms with Gasteiger partial charge in [0.05, 0.1) is 13.2 Å². The Labute approximate surface area is 164 Å². The van der Waals surface area contributed by atoms with Crippen LogP contribution in [0.15, 0.2) is 24.3 Å². The van der Waals surface area contributed by atoms with Gasteiger partial charge in [0, 0.05) is 30.6 Å². The van der Waals surface area contributed by atoms with Crippen molar-refractivity contribution in [2.45, 2.75) is 51.0 Å². The first-order valence-corrected chi connectivity index (χ1v) is 10.0. The molecule has 0 saturated carbocycles. The molecule has 0 bridgehead atoms. The number of amides is 1. The van der Waals surface area contributed by atoms with Gasteiger partial charge in [0.25, 0.3) is 0 Å². The Bertz CT molecular complexity index is 603. The first-order valence-electron chi connectivity index (χ1n) is 10.0. The zero-order valence-electron chi connectivity index (χ0n) is 17.6.